The Labute approximate surface area is 129 Å². The van der Waals surface area contributed by atoms with Crippen molar-refractivity contribution in [3.8, 4) is 0 Å². The van der Waals surface area contributed by atoms with Crippen LogP contribution in [0.15, 0.2) is 10.6 Å². The van der Waals surface area contributed by atoms with Crippen molar-refractivity contribution in [3.05, 3.63) is 17.5 Å². The van der Waals surface area contributed by atoms with Gasteiger partial charge in [-0.05, 0) is 6.92 Å². The molecule has 120 valence electrons. The van der Waals surface area contributed by atoms with Gasteiger partial charge in [0.2, 0.25) is 11.8 Å². The number of amides is 2. The predicted octanol–water partition coefficient (Wildman–Crippen LogP) is 0.106. The van der Waals surface area contributed by atoms with Crippen LogP contribution in [0.3, 0.4) is 0 Å². The van der Waals surface area contributed by atoms with E-state index in [2.05, 4.69) is 10.1 Å². The van der Waals surface area contributed by atoms with Crippen LogP contribution in [0, 0.1) is 12.8 Å². The summed E-state index contributed by atoms with van der Waals surface area (Å²) in [5.74, 6) is 0.881. The van der Waals surface area contributed by atoms with Gasteiger partial charge >= 0.3 is 0 Å². The van der Waals surface area contributed by atoms with E-state index in [-0.39, 0.29) is 17.7 Å². The average molecular weight is 306 g/mol. The number of piperazine rings is 1. The second kappa shape index (κ2) is 6.08. The summed E-state index contributed by atoms with van der Waals surface area (Å²) in [7, 11) is 1.76. The van der Waals surface area contributed by atoms with Gasteiger partial charge in [0.25, 0.3) is 0 Å². The fraction of sp³-hybridized carbons (Fsp3) is 0.667. The fourth-order valence-corrected chi connectivity index (χ4v) is 3.12. The SMILES string of the molecule is Cc1cc(CN2CCN(C(=O)[C@H]3CC(=O)N(C)C3)CC2)on1. The summed E-state index contributed by atoms with van der Waals surface area (Å²) in [5.41, 5.74) is 0.888. The second-order valence-corrected chi connectivity index (χ2v) is 6.21. The number of hydrogen-bond acceptors (Lipinski definition) is 5. The number of rotatable bonds is 3. The summed E-state index contributed by atoms with van der Waals surface area (Å²) in [6.07, 6.45) is 0.354. The summed E-state index contributed by atoms with van der Waals surface area (Å²) in [4.78, 5) is 29.8. The van der Waals surface area contributed by atoms with Crippen LogP contribution in [-0.2, 0) is 16.1 Å². The van der Waals surface area contributed by atoms with Crippen molar-refractivity contribution in [1.29, 1.82) is 0 Å². The quantitative estimate of drug-likeness (QED) is 0.792. The molecular formula is C15H22N4O3. The third kappa shape index (κ3) is 3.14. The maximum absolute atomic E-state index is 12.5. The van der Waals surface area contributed by atoms with Crippen molar-refractivity contribution in [1.82, 2.24) is 19.9 Å². The number of carbonyl (C=O) groups excluding carboxylic acids is 2. The van der Waals surface area contributed by atoms with Gasteiger partial charge in [-0.2, -0.15) is 0 Å². The first-order valence-electron chi connectivity index (χ1n) is 7.70. The van der Waals surface area contributed by atoms with Crippen LogP contribution >= 0.6 is 0 Å². The van der Waals surface area contributed by atoms with Crippen LogP contribution in [0.1, 0.15) is 17.9 Å². The monoisotopic (exact) mass is 306 g/mol. The highest BCUT2D eigenvalue weighted by Crippen LogP contribution is 2.20. The van der Waals surface area contributed by atoms with Gasteiger partial charge in [0.1, 0.15) is 0 Å². The lowest BCUT2D eigenvalue weighted by molar-refractivity contribution is -0.137. The van der Waals surface area contributed by atoms with Gasteiger partial charge in [-0.1, -0.05) is 5.16 Å². The topological polar surface area (TPSA) is 69.9 Å². The van der Waals surface area contributed by atoms with E-state index in [1.54, 1.807) is 11.9 Å². The molecular weight excluding hydrogens is 284 g/mol. The maximum atomic E-state index is 12.5. The van der Waals surface area contributed by atoms with E-state index in [0.29, 0.717) is 26.1 Å². The number of likely N-dealkylation sites (tertiary alicyclic amines) is 1. The molecule has 0 unspecified atom stereocenters. The van der Waals surface area contributed by atoms with Crippen molar-refractivity contribution in [2.45, 2.75) is 19.9 Å². The maximum Gasteiger partial charge on any atom is 0.228 e. The van der Waals surface area contributed by atoms with Crippen molar-refractivity contribution in [2.75, 3.05) is 39.8 Å². The summed E-state index contributed by atoms with van der Waals surface area (Å²) in [6, 6.07) is 1.94. The van der Waals surface area contributed by atoms with E-state index >= 15 is 0 Å². The molecule has 22 heavy (non-hydrogen) atoms. The van der Waals surface area contributed by atoms with Gasteiger partial charge in [0.05, 0.1) is 18.2 Å². The van der Waals surface area contributed by atoms with E-state index in [4.69, 9.17) is 4.52 Å². The Morgan fingerprint density at radius 2 is 2.09 bits per heavy atom. The molecule has 7 heteroatoms. The first kappa shape index (κ1) is 15.0. The predicted molar refractivity (Wildman–Crippen MR) is 78.8 cm³/mol. The molecule has 0 saturated carbocycles. The Kier molecular flexibility index (Phi) is 4.15. The minimum absolute atomic E-state index is 0.0673. The van der Waals surface area contributed by atoms with Gasteiger partial charge in [-0.3, -0.25) is 14.5 Å². The Bertz CT molecular complexity index is 563. The van der Waals surface area contributed by atoms with Gasteiger partial charge in [-0.25, -0.2) is 0 Å². The zero-order chi connectivity index (χ0) is 15.7. The molecule has 0 aromatic carbocycles. The van der Waals surface area contributed by atoms with Gasteiger partial charge in [0, 0.05) is 52.3 Å². The van der Waals surface area contributed by atoms with Crippen molar-refractivity contribution >= 4 is 11.8 Å². The zero-order valence-corrected chi connectivity index (χ0v) is 13.1. The number of carbonyl (C=O) groups is 2. The molecule has 2 amide bonds. The molecule has 2 saturated heterocycles. The van der Waals surface area contributed by atoms with Crippen molar-refractivity contribution in [3.63, 3.8) is 0 Å². The molecule has 0 N–H and O–H groups in total. The van der Waals surface area contributed by atoms with E-state index in [9.17, 15) is 9.59 Å². The molecule has 0 aliphatic carbocycles. The highest BCUT2D eigenvalue weighted by Gasteiger charge is 2.35. The Hall–Kier alpha value is -1.89. The average Bonchev–Trinajstić information content (AvgIpc) is 3.05. The van der Waals surface area contributed by atoms with Crippen molar-refractivity contribution < 1.29 is 14.1 Å². The summed E-state index contributed by atoms with van der Waals surface area (Å²) in [6.45, 7) is 6.25. The highest BCUT2D eigenvalue weighted by molar-refractivity contribution is 5.89. The van der Waals surface area contributed by atoms with Crippen molar-refractivity contribution in [2.24, 2.45) is 5.92 Å². The molecule has 2 fully saturated rings. The Morgan fingerprint density at radius 3 is 2.64 bits per heavy atom. The van der Waals surface area contributed by atoms with Gasteiger partial charge < -0.3 is 14.3 Å². The van der Waals surface area contributed by atoms with E-state index in [0.717, 1.165) is 31.1 Å². The van der Waals surface area contributed by atoms with Crippen LogP contribution in [0.25, 0.3) is 0 Å². The minimum Gasteiger partial charge on any atom is -0.360 e. The van der Waals surface area contributed by atoms with Gasteiger partial charge in [0.15, 0.2) is 5.76 Å². The fourth-order valence-electron chi connectivity index (χ4n) is 3.12. The molecule has 3 heterocycles. The first-order chi connectivity index (χ1) is 10.5. The van der Waals surface area contributed by atoms with Crippen LogP contribution in [0.5, 0.6) is 0 Å². The summed E-state index contributed by atoms with van der Waals surface area (Å²) in [5, 5.41) is 3.89. The summed E-state index contributed by atoms with van der Waals surface area (Å²) < 4.78 is 5.23. The lowest BCUT2D eigenvalue weighted by Crippen LogP contribution is -2.50. The smallest absolute Gasteiger partial charge is 0.228 e. The third-order valence-electron chi connectivity index (χ3n) is 4.43. The number of hydrogen-bond donors (Lipinski definition) is 0. The molecule has 0 spiro atoms. The third-order valence-corrected chi connectivity index (χ3v) is 4.43. The molecule has 1 aromatic heterocycles. The van der Waals surface area contributed by atoms with E-state index in [1.165, 1.54) is 0 Å². The molecule has 3 rings (SSSR count). The molecule has 0 bridgehead atoms. The normalized spacial score (nSPS) is 23.4. The lowest BCUT2D eigenvalue weighted by atomic mass is 10.1. The molecule has 7 nitrogen and oxygen atoms in total. The van der Waals surface area contributed by atoms with Crippen LogP contribution < -0.4 is 0 Å². The van der Waals surface area contributed by atoms with E-state index in [1.807, 2.05) is 17.9 Å². The minimum atomic E-state index is -0.166. The van der Waals surface area contributed by atoms with E-state index < -0.39 is 0 Å². The Balaban J connectivity index is 1.49. The molecule has 1 aromatic rings. The molecule has 1 atom stereocenters. The number of aryl methyl sites for hydroxylation is 1. The zero-order valence-electron chi connectivity index (χ0n) is 13.1. The van der Waals surface area contributed by atoms with Gasteiger partial charge in [-0.15, -0.1) is 0 Å². The highest BCUT2D eigenvalue weighted by atomic mass is 16.5. The molecule has 2 aliphatic heterocycles. The van der Waals surface area contributed by atoms with Crippen LogP contribution in [0.2, 0.25) is 0 Å². The van der Waals surface area contributed by atoms with Crippen LogP contribution in [-0.4, -0.2) is 71.4 Å². The number of aromatic nitrogens is 1. The number of nitrogens with zero attached hydrogens (tertiary/aromatic N) is 4. The lowest BCUT2D eigenvalue weighted by Gasteiger charge is -2.35. The second-order valence-electron chi connectivity index (χ2n) is 6.21. The standard InChI is InChI=1S/C15H22N4O3/c1-11-7-13(22-16-11)10-18-3-5-19(6-4-18)15(21)12-8-14(20)17(2)9-12/h7,12H,3-6,8-10H2,1-2H3/t12-/m0/s1. The summed E-state index contributed by atoms with van der Waals surface area (Å²) >= 11 is 0. The first-order valence-corrected chi connectivity index (χ1v) is 7.70. The Morgan fingerprint density at radius 1 is 1.36 bits per heavy atom. The molecule has 0 radical (unpaired) electrons. The molecule has 2 aliphatic rings. The van der Waals surface area contributed by atoms with Crippen LogP contribution in [0.4, 0.5) is 0 Å². The largest absolute Gasteiger partial charge is 0.360 e.